The Bertz CT molecular complexity index is 1320. The number of hydrogen-bond acceptors (Lipinski definition) is 4. The van der Waals surface area contributed by atoms with E-state index in [1.165, 1.54) is 22.3 Å². The molecule has 2 unspecified atom stereocenters. The zero-order valence-electron chi connectivity index (χ0n) is 18.7. The number of piperidine rings is 1. The highest BCUT2D eigenvalue weighted by atomic mass is 19.4. The lowest BCUT2D eigenvalue weighted by atomic mass is 9.89. The van der Waals surface area contributed by atoms with Crippen molar-refractivity contribution in [2.45, 2.75) is 31.5 Å². The molecule has 3 aromatic rings. The van der Waals surface area contributed by atoms with Gasteiger partial charge in [0.15, 0.2) is 0 Å². The second-order valence-electron chi connectivity index (χ2n) is 8.84. The molecule has 176 valence electrons. The average Bonchev–Trinajstić information content (AvgIpc) is 3.09. The van der Waals surface area contributed by atoms with Gasteiger partial charge in [-0.3, -0.25) is 19.1 Å². The molecule has 0 radical (unpaired) electrons. The molecule has 6 nitrogen and oxygen atoms in total. The molecule has 1 saturated heterocycles. The fraction of sp³-hybridized carbons (Fsp3) is 0.320. The molecule has 0 spiro atoms. The van der Waals surface area contributed by atoms with E-state index in [1.807, 2.05) is 30.1 Å². The predicted octanol–water partition coefficient (Wildman–Crippen LogP) is 4.07. The lowest BCUT2D eigenvalue weighted by Crippen LogP contribution is -2.46. The fourth-order valence-electron chi connectivity index (χ4n) is 5.06. The fourth-order valence-corrected chi connectivity index (χ4v) is 5.06. The first-order valence-electron chi connectivity index (χ1n) is 11.0. The Balaban J connectivity index is 1.44. The third-order valence-corrected chi connectivity index (χ3v) is 6.90. The van der Waals surface area contributed by atoms with Crippen LogP contribution < -0.4 is 10.5 Å². The van der Waals surface area contributed by atoms with Crippen LogP contribution in [-0.4, -0.2) is 46.5 Å². The largest absolute Gasteiger partial charge is 0.417 e. The Kier molecular flexibility index (Phi) is 5.22. The molecule has 2 atom stereocenters. The normalized spacial score (nSPS) is 19.7. The molecule has 0 saturated carbocycles. The number of carbonyl (C=O) groups is 1. The number of alkyl halides is 3. The average molecular weight is 468 g/mol. The number of likely N-dealkylation sites (N-methyl/N-ethyl adjacent to an activating group) is 1. The third-order valence-electron chi connectivity index (χ3n) is 6.90. The van der Waals surface area contributed by atoms with E-state index in [0.717, 1.165) is 30.9 Å². The van der Waals surface area contributed by atoms with E-state index in [9.17, 15) is 22.8 Å². The molecular formula is C25H23F3N4O2. The Hall–Kier alpha value is -3.62. The van der Waals surface area contributed by atoms with Crippen LogP contribution in [0.25, 0.3) is 16.9 Å². The highest BCUT2D eigenvalue weighted by Gasteiger charge is 2.41. The molecule has 2 aliphatic heterocycles. The molecule has 1 fully saturated rings. The standard InChI is InChI=1S/C25H23F3N4O2/c1-15(33)31-9-8-22-20(14-31)19-5-4-18(12-23(19)30(22)2)32-10-7-16(11-24(32)34)21-6-3-17(13-29-21)25(26,27)28/h3-7,10-13,20,22H,8-9,14H2,1-2H3. The molecular weight excluding hydrogens is 445 g/mol. The van der Waals surface area contributed by atoms with Crippen LogP contribution in [0, 0.1) is 0 Å². The van der Waals surface area contributed by atoms with Crippen LogP contribution in [0.2, 0.25) is 0 Å². The maximum Gasteiger partial charge on any atom is 0.417 e. The number of carbonyl (C=O) groups excluding carboxylic acids is 1. The first kappa shape index (κ1) is 22.2. The molecule has 1 amide bonds. The summed E-state index contributed by atoms with van der Waals surface area (Å²) >= 11 is 0. The summed E-state index contributed by atoms with van der Waals surface area (Å²) in [5.41, 5.74) is 2.51. The van der Waals surface area contributed by atoms with Gasteiger partial charge < -0.3 is 9.80 Å². The molecule has 0 N–H and O–H groups in total. The molecule has 34 heavy (non-hydrogen) atoms. The van der Waals surface area contributed by atoms with Crippen molar-refractivity contribution >= 4 is 11.6 Å². The van der Waals surface area contributed by atoms with Gasteiger partial charge in [0.1, 0.15) is 0 Å². The Morgan fingerprint density at radius 2 is 1.91 bits per heavy atom. The summed E-state index contributed by atoms with van der Waals surface area (Å²) in [5, 5.41) is 0. The van der Waals surface area contributed by atoms with E-state index < -0.39 is 11.7 Å². The van der Waals surface area contributed by atoms with Gasteiger partial charge >= 0.3 is 6.18 Å². The topological polar surface area (TPSA) is 58.4 Å². The Morgan fingerprint density at radius 1 is 1.12 bits per heavy atom. The van der Waals surface area contributed by atoms with Crippen LogP contribution in [-0.2, 0) is 11.0 Å². The second kappa shape index (κ2) is 8.00. The summed E-state index contributed by atoms with van der Waals surface area (Å²) in [6.45, 7) is 3.02. The van der Waals surface area contributed by atoms with E-state index in [-0.39, 0.29) is 17.4 Å². The number of pyridine rings is 2. The van der Waals surface area contributed by atoms with Crippen molar-refractivity contribution in [3.63, 3.8) is 0 Å². The maximum atomic E-state index is 12.9. The van der Waals surface area contributed by atoms with Crippen molar-refractivity contribution in [1.82, 2.24) is 14.5 Å². The SMILES string of the molecule is CC(=O)N1CCC2C(C1)c1ccc(-n3ccc(-c4ccc(C(F)(F)F)cn4)cc3=O)cc1N2C. The number of benzene rings is 1. The van der Waals surface area contributed by atoms with Crippen molar-refractivity contribution in [2.24, 2.45) is 0 Å². The number of aromatic nitrogens is 2. The van der Waals surface area contributed by atoms with Gasteiger partial charge in [-0.2, -0.15) is 13.2 Å². The van der Waals surface area contributed by atoms with Gasteiger partial charge in [-0.25, -0.2) is 0 Å². The number of amides is 1. The van der Waals surface area contributed by atoms with Crippen LogP contribution in [0.3, 0.4) is 0 Å². The van der Waals surface area contributed by atoms with Crippen LogP contribution in [0.5, 0.6) is 0 Å². The van der Waals surface area contributed by atoms with Crippen LogP contribution in [0.1, 0.15) is 30.4 Å². The molecule has 0 bridgehead atoms. The summed E-state index contributed by atoms with van der Waals surface area (Å²) in [5.74, 6) is 0.317. The number of nitrogens with zero attached hydrogens (tertiary/aromatic N) is 4. The van der Waals surface area contributed by atoms with Gasteiger partial charge in [0.2, 0.25) is 5.91 Å². The quantitative estimate of drug-likeness (QED) is 0.569. The van der Waals surface area contributed by atoms with E-state index in [1.54, 1.807) is 19.2 Å². The zero-order chi connectivity index (χ0) is 24.2. The first-order valence-corrected chi connectivity index (χ1v) is 11.0. The minimum atomic E-state index is -4.46. The second-order valence-corrected chi connectivity index (χ2v) is 8.84. The van der Waals surface area contributed by atoms with Crippen LogP contribution in [0.15, 0.2) is 59.7 Å². The highest BCUT2D eigenvalue weighted by molar-refractivity contribution is 5.74. The number of rotatable bonds is 2. The predicted molar refractivity (Wildman–Crippen MR) is 122 cm³/mol. The molecule has 2 aliphatic rings. The van der Waals surface area contributed by atoms with Crippen molar-refractivity contribution in [2.75, 3.05) is 25.0 Å². The van der Waals surface area contributed by atoms with E-state index >= 15 is 0 Å². The lowest BCUT2D eigenvalue weighted by molar-refractivity contribution is -0.137. The van der Waals surface area contributed by atoms with Gasteiger partial charge in [0.25, 0.3) is 5.56 Å². The number of fused-ring (bicyclic) bond motifs is 3. The first-order chi connectivity index (χ1) is 16.1. The van der Waals surface area contributed by atoms with Gasteiger partial charge in [-0.15, -0.1) is 0 Å². The smallest absolute Gasteiger partial charge is 0.371 e. The Labute approximate surface area is 194 Å². The maximum absolute atomic E-state index is 12.9. The molecule has 9 heteroatoms. The third kappa shape index (κ3) is 3.74. The number of anilines is 1. The van der Waals surface area contributed by atoms with Crippen molar-refractivity contribution in [3.8, 4) is 16.9 Å². The van der Waals surface area contributed by atoms with Crippen molar-refractivity contribution in [3.05, 3.63) is 76.3 Å². The minimum absolute atomic E-state index is 0.0837. The van der Waals surface area contributed by atoms with E-state index in [0.29, 0.717) is 29.5 Å². The van der Waals surface area contributed by atoms with Crippen LogP contribution >= 0.6 is 0 Å². The number of halogens is 3. The summed E-state index contributed by atoms with van der Waals surface area (Å²) in [4.78, 5) is 32.7. The molecule has 4 heterocycles. The zero-order valence-corrected chi connectivity index (χ0v) is 18.7. The minimum Gasteiger partial charge on any atom is -0.371 e. The molecule has 0 aliphatic carbocycles. The summed E-state index contributed by atoms with van der Waals surface area (Å²) in [7, 11) is 2.04. The van der Waals surface area contributed by atoms with Crippen molar-refractivity contribution in [1.29, 1.82) is 0 Å². The van der Waals surface area contributed by atoms with E-state index in [2.05, 4.69) is 9.88 Å². The van der Waals surface area contributed by atoms with Gasteiger partial charge in [-0.1, -0.05) is 6.07 Å². The summed E-state index contributed by atoms with van der Waals surface area (Å²) < 4.78 is 39.9. The van der Waals surface area contributed by atoms with Gasteiger partial charge in [0.05, 0.1) is 16.9 Å². The number of hydrogen-bond donors (Lipinski definition) is 0. The summed E-state index contributed by atoms with van der Waals surface area (Å²) in [6.07, 6.45) is -1.20. The van der Waals surface area contributed by atoms with Crippen LogP contribution in [0.4, 0.5) is 18.9 Å². The van der Waals surface area contributed by atoms with Crippen molar-refractivity contribution < 1.29 is 18.0 Å². The lowest BCUT2D eigenvalue weighted by Gasteiger charge is -2.37. The molecule has 1 aromatic carbocycles. The van der Waals surface area contributed by atoms with E-state index in [4.69, 9.17) is 0 Å². The summed E-state index contributed by atoms with van der Waals surface area (Å²) in [6, 6.07) is 11.5. The molecule has 5 rings (SSSR count). The van der Waals surface area contributed by atoms with Gasteiger partial charge in [0, 0.05) is 68.7 Å². The number of likely N-dealkylation sites (tertiary alicyclic amines) is 1. The Morgan fingerprint density at radius 3 is 2.56 bits per heavy atom. The highest BCUT2D eigenvalue weighted by Crippen LogP contribution is 2.44. The molecule has 2 aromatic heterocycles. The monoisotopic (exact) mass is 468 g/mol. The van der Waals surface area contributed by atoms with Gasteiger partial charge in [-0.05, 0) is 42.3 Å².